The average Bonchev–Trinajstić information content (AvgIpc) is 3.03. The second kappa shape index (κ2) is 8.80. The second-order valence-corrected chi connectivity index (χ2v) is 7.72. The molecule has 5 nitrogen and oxygen atoms in total. The zero-order valence-electron chi connectivity index (χ0n) is 16.6. The zero-order chi connectivity index (χ0) is 18.5. The minimum absolute atomic E-state index is 0.462. The molecule has 1 aromatic heterocycles. The lowest BCUT2D eigenvalue weighted by Gasteiger charge is -2.40. The van der Waals surface area contributed by atoms with Gasteiger partial charge in [0, 0.05) is 45.0 Å². The fourth-order valence-corrected chi connectivity index (χ4v) is 4.25. The van der Waals surface area contributed by atoms with Crippen LogP contribution in [0.15, 0.2) is 36.7 Å². The van der Waals surface area contributed by atoms with Crippen molar-refractivity contribution in [2.24, 2.45) is 13.0 Å². The Balaban J connectivity index is 1.63. The smallest absolute Gasteiger partial charge is 0.0713 e. The minimum Gasteiger partial charge on any atom is -0.380 e. The number of benzene rings is 1. The van der Waals surface area contributed by atoms with Gasteiger partial charge in [0.2, 0.25) is 0 Å². The lowest BCUT2D eigenvalue weighted by molar-refractivity contribution is 0.0926. The van der Waals surface area contributed by atoms with Gasteiger partial charge in [0.25, 0.3) is 0 Å². The van der Waals surface area contributed by atoms with Crippen LogP contribution in [-0.4, -0.2) is 53.9 Å². The van der Waals surface area contributed by atoms with E-state index in [0.717, 1.165) is 13.1 Å². The molecule has 1 saturated heterocycles. The predicted octanol–water partition coefficient (Wildman–Crippen LogP) is 3.08. The highest BCUT2D eigenvalue weighted by Gasteiger charge is 2.31. The number of methoxy groups -OCH3 is 1. The highest BCUT2D eigenvalue weighted by molar-refractivity contribution is 5.22. The summed E-state index contributed by atoms with van der Waals surface area (Å²) in [6.45, 7) is 3.93. The average molecular weight is 357 g/mol. The van der Waals surface area contributed by atoms with E-state index in [0.29, 0.717) is 18.6 Å². The highest BCUT2D eigenvalue weighted by atomic mass is 16.5. The van der Waals surface area contributed by atoms with E-state index in [4.69, 9.17) is 4.74 Å². The summed E-state index contributed by atoms with van der Waals surface area (Å²) >= 11 is 0. The van der Waals surface area contributed by atoms with Crippen molar-refractivity contribution in [3.63, 3.8) is 0 Å². The van der Waals surface area contributed by atoms with Crippen molar-refractivity contribution in [3.05, 3.63) is 53.3 Å². The number of aromatic nitrogens is 2. The molecular formula is C21H32N4O. The molecule has 0 spiro atoms. The van der Waals surface area contributed by atoms with Gasteiger partial charge in [0.15, 0.2) is 0 Å². The zero-order valence-corrected chi connectivity index (χ0v) is 16.6. The summed E-state index contributed by atoms with van der Waals surface area (Å²) in [7, 11) is 8.22. The Kier molecular flexibility index (Phi) is 6.46. The van der Waals surface area contributed by atoms with Crippen molar-refractivity contribution >= 4 is 0 Å². The molecule has 2 aromatic rings. The van der Waals surface area contributed by atoms with Gasteiger partial charge in [0.05, 0.1) is 12.8 Å². The van der Waals surface area contributed by atoms with Crippen LogP contribution in [0.1, 0.15) is 35.6 Å². The van der Waals surface area contributed by atoms with E-state index < -0.39 is 0 Å². The van der Waals surface area contributed by atoms with Crippen LogP contribution in [0.5, 0.6) is 0 Å². The summed E-state index contributed by atoms with van der Waals surface area (Å²) < 4.78 is 7.11. The maximum absolute atomic E-state index is 5.19. The first-order valence-corrected chi connectivity index (χ1v) is 9.51. The van der Waals surface area contributed by atoms with Crippen molar-refractivity contribution in [1.29, 1.82) is 0 Å². The third kappa shape index (κ3) is 4.72. The molecule has 142 valence electrons. The van der Waals surface area contributed by atoms with E-state index in [9.17, 15) is 0 Å². The van der Waals surface area contributed by atoms with Crippen molar-refractivity contribution in [2.75, 3.05) is 34.3 Å². The van der Waals surface area contributed by atoms with E-state index >= 15 is 0 Å². The molecule has 2 atom stereocenters. The molecule has 5 heteroatoms. The lowest BCUT2D eigenvalue weighted by atomic mass is 9.85. The van der Waals surface area contributed by atoms with E-state index in [1.54, 1.807) is 7.11 Å². The molecule has 3 rings (SSSR count). The third-order valence-electron chi connectivity index (χ3n) is 5.41. The first-order valence-electron chi connectivity index (χ1n) is 9.51. The van der Waals surface area contributed by atoms with Gasteiger partial charge in [-0.05, 0) is 50.5 Å². The van der Waals surface area contributed by atoms with Gasteiger partial charge in [-0.25, -0.2) is 0 Å². The Hall–Kier alpha value is -1.69. The summed E-state index contributed by atoms with van der Waals surface area (Å²) in [6.07, 6.45) is 6.76. The summed E-state index contributed by atoms with van der Waals surface area (Å²) in [6, 6.07) is 9.23. The van der Waals surface area contributed by atoms with Crippen LogP contribution in [0.3, 0.4) is 0 Å². The minimum atomic E-state index is 0.462. The van der Waals surface area contributed by atoms with Gasteiger partial charge in [-0.2, -0.15) is 5.10 Å². The molecule has 0 saturated carbocycles. The number of hydrogen-bond donors (Lipinski definition) is 0. The lowest BCUT2D eigenvalue weighted by Crippen LogP contribution is -2.40. The van der Waals surface area contributed by atoms with Gasteiger partial charge >= 0.3 is 0 Å². The first kappa shape index (κ1) is 19.1. The van der Waals surface area contributed by atoms with Gasteiger partial charge in [0.1, 0.15) is 0 Å². The third-order valence-corrected chi connectivity index (χ3v) is 5.41. The number of piperidine rings is 1. The molecule has 0 aliphatic carbocycles. The molecule has 0 amide bonds. The molecule has 2 heterocycles. The summed E-state index contributed by atoms with van der Waals surface area (Å²) in [5.74, 6) is 0.635. The maximum atomic E-state index is 5.19. The van der Waals surface area contributed by atoms with Crippen LogP contribution in [-0.2, 0) is 24.9 Å². The molecule has 1 fully saturated rings. The SMILES string of the molecule is COCc1ccc(CN(C)C[C@@H]2CCCN(C)[C@H]2c2cnn(C)c2)cc1. The molecule has 1 aliphatic rings. The number of rotatable bonds is 7. The largest absolute Gasteiger partial charge is 0.380 e. The second-order valence-electron chi connectivity index (χ2n) is 7.72. The van der Waals surface area contributed by atoms with Gasteiger partial charge in [-0.1, -0.05) is 24.3 Å². The standard InChI is InChI=1S/C21H32N4O/c1-23(13-17-7-9-18(10-8-17)16-26-4)14-19-6-5-11-24(2)21(19)20-12-22-25(3)15-20/h7-10,12,15,19,21H,5-6,11,13-14,16H2,1-4H3/t19-,21+/m0/s1. The van der Waals surface area contributed by atoms with E-state index in [1.165, 1.54) is 36.1 Å². The molecule has 0 unspecified atom stereocenters. The Morgan fingerprint density at radius 3 is 2.58 bits per heavy atom. The summed E-state index contributed by atoms with van der Waals surface area (Å²) in [4.78, 5) is 4.96. The Labute approximate surface area is 157 Å². The van der Waals surface area contributed by atoms with Gasteiger partial charge in [-0.15, -0.1) is 0 Å². The number of likely N-dealkylation sites (tertiary alicyclic amines) is 1. The molecule has 0 radical (unpaired) electrons. The highest BCUT2D eigenvalue weighted by Crippen LogP contribution is 2.35. The molecule has 1 aromatic carbocycles. The quantitative estimate of drug-likeness (QED) is 0.763. The maximum Gasteiger partial charge on any atom is 0.0713 e. The van der Waals surface area contributed by atoms with Gasteiger partial charge in [-0.3, -0.25) is 9.58 Å². The topological polar surface area (TPSA) is 33.5 Å². The van der Waals surface area contributed by atoms with Gasteiger partial charge < -0.3 is 9.64 Å². The van der Waals surface area contributed by atoms with Crippen LogP contribution >= 0.6 is 0 Å². The van der Waals surface area contributed by atoms with Crippen molar-refractivity contribution in [1.82, 2.24) is 19.6 Å². The Morgan fingerprint density at radius 1 is 1.19 bits per heavy atom. The number of hydrogen-bond acceptors (Lipinski definition) is 4. The van der Waals surface area contributed by atoms with E-state index in [2.05, 4.69) is 59.5 Å². The normalized spacial score (nSPS) is 21.4. The number of nitrogens with zero attached hydrogens (tertiary/aromatic N) is 4. The molecule has 0 N–H and O–H groups in total. The van der Waals surface area contributed by atoms with Crippen LogP contribution in [0, 0.1) is 5.92 Å². The fourth-order valence-electron chi connectivity index (χ4n) is 4.25. The molecular weight excluding hydrogens is 324 g/mol. The van der Waals surface area contributed by atoms with Crippen LogP contribution in [0.25, 0.3) is 0 Å². The van der Waals surface area contributed by atoms with Crippen LogP contribution in [0.2, 0.25) is 0 Å². The first-order chi connectivity index (χ1) is 12.6. The Morgan fingerprint density at radius 2 is 1.92 bits per heavy atom. The van der Waals surface area contributed by atoms with E-state index in [1.807, 2.05) is 17.9 Å². The van der Waals surface area contributed by atoms with Crippen molar-refractivity contribution in [3.8, 4) is 0 Å². The fraction of sp³-hybridized carbons (Fsp3) is 0.571. The summed E-state index contributed by atoms with van der Waals surface area (Å²) in [5, 5.41) is 4.40. The molecule has 1 aliphatic heterocycles. The summed E-state index contributed by atoms with van der Waals surface area (Å²) in [5.41, 5.74) is 3.93. The van der Waals surface area contributed by atoms with Crippen molar-refractivity contribution < 1.29 is 4.74 Å². The van der Waals surface area contributed by atoms with Crippen LogP contribution < -0.4 is 0 Å². The monoisotopic (exact) mass is 356 g/mol. The van der Waals surface area contributed by atoms with Crippen LogP contribution in [0.4, 0.5) is 0 Å². The molecule has 0 bridgehead atoms. The van der Waals surface area contributed by atoms with E-state index in [-0.39, 0.29) is 0 Å². The molecule has 26 heavy (non-hydrogen) atoms. The van der Waals surface area contributed by atoms with Crippen molar-refractivity contribution in [2.45, 2.75) is 32.0 Å². The Bertz CT molecular complexity index is 682. The number of aryl methyl sites for hydroxylation is 1. The predicted molar refractivity (Wildman–Crippen MR) is 105 cm³/mol. The number of ether oxygens (including phenoxy) is 1.